The van der Waals surface area contributed by atoms with Crippen LogP contribution < -0.4 is 0 Å². The maximum atomic E-state index is 11.5. The maximum Gasteiger partial charge on any atom is 0.272 e. The number of carbonyl (C=O) groups excluding carboxylic acids is 1. The molecule has 2 aromatic rings. The maximum absolute atomic E-state index is 11.5. The molecular formula is C11H9N3O. The van der Waals surface area contributed by atoms with Crippen molar-refractivity contribution in [2.24, 2.45) is 0 Å². The van der Waals surface area contributed by atoms with Crippen LogP contribution >= 0.6 is 0 Å². The Labute approximate surface area is 86.9 Å². The predicted octanol–water partition coefficient (Wildman–Crippen LogP) is 1.63. The summed E-state index contributed by atoms with van der Waals surface area (Å²) in [4.78, 5) is 11.5. The molecule has 1 heterocycles. The molecule has 0 amide bonds. The highest BCUT2D eigenvalue weighted by molar-refractivity contribution is 5.92. The number of carbonyl (C=O) groups is 1. The van der Waals surface area contributed by atoms with E-state index in [1.54, 1.807) is 6.08 Å². The first kappa shape index (κ1) is 9.33. The van der Waals surface area contributed by atoms with Crippen molar-refractivity contribution in [2.45, 2.75) is 0 Å². The molecule has 74 valence electrons. The second-order valence-electron chi connectivity index (χ2n) is 2.93. The number of nitrogens with zero attached hydrogens (tertiary/aromatic N) is 3. The zero-order valence-electron chi connectivity index (χ0n) is 7.95. The van der Waals surface area contributed by atoms with Crippen LogP contribution in [0.4, 0.5) is 0 Å². The molecule has 15 heavy (non-hydrogen) atoms. The van der Waals surface area contributed by atoms with Gasteiger partial charge in [0, 0.05) is 6.08 Å². The summed E-state index contributed by atoms with van der Waals surface area (Å²) in [7, 11) is 0. The average Bonchev–Trinajstić information content (AvgIpc) is 2.81. The summed E-state index contributed by atoms with van der Waals surface area (Å²) in [5.74, 6) is -0.212. The zero-order chi connectivity index (χ0) is 10.5. The summed E-state index contributed by atoms with van der Waals surface area (Å²) in [6.07, 6.45) is 6.18. The van der Waals surface area contributed by atoms with Gasteiger partial charge in [-0.2, -0.15) is 4.68 Å². The monoisotopic (exact) mass is 199 g/mol. The number of allylic oxidation sites excluding steroid dienone is 1. The molecule has 0 aliphatic heterocycles. The van der Waals surface area contributed by atoms with Gasteiger partial charge >= 0.3 is 0 Å². The van der Waals surface area contributed by atoms with Gasteiger partial charge in [0.1, 0.15) is 0 Å². The van der Waals surface area contributed by atoms with Crippen LogP contribution in [0.15, 0.2) is 48.8 Å². The molecule has 0 saturated carbocycles. The smallest absolute Gasteiger partial charge is 0.267 e. The van der Waals surface area contributed by atoms with E-state index in [-0.39, 0.29) is 5.91 Å². The van der Waals surface area contributed by atoms with Crippen molar-refractivity contribution in [3.05, 3.63) is 54.4 Å². The third-order valence-corrected chi connectivity index (χ3v) is 1.87. The van der Waals surface area contributed by atoms with Gasteiger partial charge in [-0.3, -0.25) is 4.79 Å². The number of aromatic nitrogens is 3. The fourth-order valence-corrected chi connectivity index (χ4v) is 1.13. The highest BCUT2D eigenvalue weighted by atomic mass is 16.2. The molecular weight excluding hydrogens is 190 g/mol. The normalized spacial score (nSPS) is 10.7. The molecule has 4 heteroatoms. The number of hydrogen-bond donors (Lipinski definition) is 0. The Kier molecular flexibility index (Phi) is 2.69. The lowest BCUT2D eigenvalue weighted by Gasteiger charge is -1.92. The Balaban J connectivity index is 2.10. The van der Waals surface area contributed by atoms with Crippen LogP contribution in [0.1, 0.15) is 10.4 Å². The van der Waals surface area contributed by atoms with Crippen molar-refractivity contribution in [3.8, 4) is 0 Å². The summed E-state index contributed by atoms with van der Waals surface area (Å²) < 4.78 is 1.18. The molecule has 0 fully saturated rings. The summed E-state index contributed by atoms with van der Waals surface area (Å²) in [6, 6.07) is 9.60. The Morgan fingerprint density at radius 3 is 2.73 bits per heavy atom. The van der Waals surface area contributed by atoms with Crippen molar-refractivity contribution in [3.63, 3.8) is 0 Å². The van der Waals surface area contributed by atoms with Crippen LogP contribution in [0.25, 0.3) is 6.08 Å². The lowest BCUT2D eigenvalue weighted by molar-refractivity contribution is 0.0953. The number of benzene rings is 1. The summed E-state index contributed by atoms with van der Waals surface area (Å²) in [5, 5.41) is 7.15. The lowest BCUT2D eigenvalue weighted by Crippen LogP contribution is -2.07. The lowest BCUT2D eigenvalue weighted by atomic mass is 10.2. The molecule has 1 aromatic heterocycles. The van der Waals surface area contributed by atoms with E-state index in [9.17, 15) is 4.79 Å². The van der Waals surface area contributed by atoms with E-state index in [4.69, 9.17) is 0 Å². The van der Waals surface area contributed by atoms with Gasteiger partial charge in [0.15, 0.2) is 0 Å². The van der Waals surface area contributed by atoms with E-state index in [2.05, 4.69) is 10.3 Å². The predicted molar refractivity (Wildman–Crippen MR) is 56.1 cm³/mol. The zero-order valence-corrected chi connectivity index (χ0v) is 7.95. The second-order valence-corrected chi connectivity index (χ2v) is 2.93. The van der Waals surface area contributed by atoms with E-state index in [0.29, 0.717) is 0 Å². The van der Waals surface area contributed by atoms with Crippen LogP contribution in [0, 0.1) is 0 Å². The first-order valence-corrected chi connectivity index (χ1v) is 4.50. The Morgan fingerprint density at radius 1 is 1.27 bits per heavy atom. The van der Waals surface area contributed by atoms with Gasteiger partial charge in [0.25, 0.3) is 5.91 Å². The molecule has 0 atom stereocenters. The van der Waals surface area contributed by atoms with E-state index < -0.39 is 0 Å². The van der Waals surface area contributed by atoms with Gasteiger partial charge in [-0.15, -0.1) is 5.10 Å². The molecule has 0 N–H and O–H groups in total. The Morgan fingerprint density at radius 2 is 2.07 bits per heavy atom. The Bertz CT molecular complexity index is 460. The third kappa shape index (κ3) is 2.37. The van der Waals surface area contributed by atoms with Gasteiger partial charge in [0.2, 0.25) is 0 Å². The van der Waals surface area contributed by atoms with E-state index >= 15 is 0 Å². The number of rotatable bonds is 2. The molecule has 0 saturated heterocycles. The van der Waals surface area contributed by atoms with Gasteiger partial charge in [-0.1, -0.05) is 35.5 Å². The summed E-state index contributed by atoms with van der Waals surface area (Å²) in [5.41, 5.74) is 0.978. The molecule has 0 bridgehead atoms. The van der Waals surface area contributed by atoms with Crippen LogP contribution in [0.5, 0.6) is 0 Å². The van der Waals surface area contributed by atoms with Crippen molar-refractivity contribution in [1.82, 2.24) is 15.0 Å². The SMILES string of the molecule is O=C(/C=C/c1ccccc1)n1ccnn1. The van der Waals surface area contributed by atoms with Gasteiger partial charge in [-0.05, 0) is 11.6 Å². The van der Waals surface area contributed by atoms with Gasteiger partial charge < -0.3 is 0 Å². The van der Waals surface area contributed by atoms with Crippen LogP contribution in [0.3, 0.4) is 0 Å². The van der Waals surface area contributed by atoms with Crippen molar-refractivity contribution in [1.29, 1.82) is 0 Å². The largest absolute Gasteiger partial charge is 0.272 e. The highest BCUT2D eigenvalue weighted by Crippen LogP contribution is 2.01. The van der Waals surface area contributed by atoms with Crippen LogP contribution in [0.2, 0.25) is 0 Å². The second kappa shape index (κ2) is 4.32. The molecule has 0 aliphatic rings. The minimum atomic E-state index is -0.212. The molecule has 4 nitrogen and oxygen atoms in total. The van der Waals surface area contributed by atoms with E-state index in [1.807, 2.05) is 30.3 Å². The fraction of sp³-hybridized carbons (Fsp3) is 0. The molecule has 2 rings (SSSR count). The molecule has 0 spiro atoms. The summed E-state index contributed by atoms with van der Waals surface area (Å²) >= 11 is 0. The summed E-state index contributed by atoms with van der Waals surface area (Å²) in [6.45, 7) is 0. The molecule has 0 radical (unpaired) electrons. The number of hydrogen-bond acceptors (Lipinski definition) is 3. The van der Waals surface area contributed by atoms with Crippen molar-refractivity contribution < 1.29 is 4.79 Å². The topological polar surface area (TPSA) is 47.8 Å². The van der Waals surface area contributed by atoms with Crippen LogP contribution in [-0.4, -0.2) is 20.9 Å². The minimum Gasteiger partial charge on any atom is -0.267 e. The minimum absolute atomic E-state index is 0.212. The molecule has 0 unspecified atom stereocenters. The Hall–Kier alpha value is -2.23. The molecule has 0 aliphatic carbocycles. The van der Waals surface area contributed by atoms with Gasteiger partial charge in [0.05, 0.1) is 12.4 Å². The van der Waals surface area contributed by atoms with Crippen LogP contribution in [-0.2, 0) is 0 Å². The third-order valence-electron chi connectivity index (χ3n) is 1.87. The highest BCUT2D eigenvalue weighted by Gasteiger charge is 1.98. The van der Waals surface area contributed by atoms with Gasteiger partial charge in [-0.25, -0.2) is 0 Å². The van der Waals surface area contributed by atoms with E-state index in [0.717, 1.165) is 5.56 Å². The van der Waals surface area contributed by atoms with E-state index in [1.165, 1.54) is 23.2 Å². The first-order chi connectivity index (χ1) is 7.36. The quantitative estimate of drug-likeness (QED) is 0.690. The average molecular weight is 199 g/mol. The van der Waals surface area contributed by atoms with Crippen molar-refractivity contribution >= 4 is 12.0 Å². The molecule has 1 aromatic carbocycles. The van der Waals surface area contributed by atoms with Crippen molar-refractivity contribution in [2.75, 3.05) is 0 Å². The first-order valence-electron chi connectivity index (χ1n) is 4.50. The fourth-order valence-electron chi connectivity index (χ4n) is 1.13. The standard InChI is InChI=1S/C11H9N3O/c15-11(14-9-8-12-13-14)7-6-10-4-2-1-3-5-10/h1-9H/b7-6+.